The average molecular weight is 265 g/mol. The number of hydrogen-bond donors (Lipinski definition) is 1. The first kappa shape index (κ1) is 15.5. The molecule has 4 nitrogen and oxygen atoms in total. The van der Waals surface area contributed by atoms with Crippen LogP contribution in [0.15, 0.2) is 30.3 Å². The lowest BCUT2D eigenvalue weighted by atomic mass is 9.86. The third-order valence-electron chi connectivity index (χ3n) is 3.10. The number of para-hydroxylation sites is 1. The molecule has 0 fully saturated rings. The lowest BCUT2D eigenvalue weighted by Gasteiger charge is -2.25. The second-order valence-corrected chi connectivity index (χ2v) is 4.75. The van der Waals surface area contributed by atoms with E-state index in [9.17, 15) is 4.79 Å². The minimum atomic E-state index is -0.615. The molecule has 0 saturated carbocycles. The number of hydrogen-bond acceptors (Lipinski definition) is 4. The molecule has 1 unspecified atom stereocenters. The molecule has 0 bridgehead atoms. The molecule has 0 aromatic heterocycles. The van der Waals surface area contributed by atoms with Gasteiger partial charge in [-0.1, -0.05) is 18.2 Å². The predicted octanol–water partition coefficient (Wildman–Crippen LogP) is 2.37. The highest BCUT2D eigenvalue weighted by Crippen LogP contribution is 2.24. The average Bonchev–Trinajstić information content (AvgIpc) is 2.44. The van der Waals surface area contributed by atoms with Crippen LogP contribution in [0.3, 0.4) is 0 Å². The summed E-state index contributed by atoms with van der Waals surface area (Å²) in [6.07, 6.45) is 1.43. The largest absolute Gasteiger partial charge is 0.494 e. The Labute approximate surface area is 114 Å². The van der Waals surface area contributed by atoms with Gasteiger partial charge in [0.25, 0.3) is 0 Å². The molecule has 1 atom stereocenters. The van der Waals surface area contributed by atoms with Crippen LogP contribution in [0.5, 0.6) is 5.75 Å². The number of rotatable bonds is 8. The molecular formula is C15H23NO3. The van der Waals surface area contributed by atoms with Crippen molar-refractivity contribution in [2.45, 2.75) is 26.7 Å². The molecule has 0 spiro atoms. The Balaban J connectivity index is 2.35. The Bertz CT molecular complexity index is 380. The smallest absolute Gasteiger partial charge is 0.313 e. The summed E-state index contributed by atoms with van der Waals surface area (Å²) < 4.78 is 10.6. The first-order valence-electron chi connectivity index (χ1n) is 6.67. The van der Waals surface area contributed by atoms with E-state index >= 15 is 0 Å². The molecule has 0 aliphatic carbocycles. The molecular weight excluding hydrogens is 242 g/mol. The van der Waals surface area contributed by atoms with Crippen LogP contribution in [0.2, 0.25) is 0 Å². The van der Waals surface area contributed by atoms with E-state index in [1.165, 1.54) is 0 Å². The lowest BCUT2D eigenvalue weighted by Crippen LogP contribution is -2.37. The summed E-state index contributed by atoms with van der Waals surface area (Å²) in [6, 6.07) is 9.62. The van der Waals surface area contributed by atoms with Crippen LogP contribution in [0.4, 0.5) is 0 Å². The Morgan fingerprint density at radius 2 is 2.00 bits per heavy atom. The van der Waals surface area contributed by atoms with Crippen LogP contribution < -0.4 is 10.5 Å². The van der Waals surface area contributed by atoms with Gasteiger partial charge in [0.2, 0.25) is 0 Å². The molecule has 1 aromatic carbocycles. The maximum absolute atomic E-state index is 11.8. The van der Waals surface area contributed by atoms with Gasteiger partial charge < -0.3 is 15.2 Å². The van der Waals surface area contributed by atoms with E-state index in [1.807, 2.05) is 37.3 Å². The van der Waals surface area contributed by atoms with Crippen LogP contribution >= 0.6 is 0 Å². The Morgan fingerprint density at radius 1 is 1.32 bits per heavy atom. The number of ether oxygens (including phenoxy) is 2. The summed E-state index contributed by atoms with van der Waals surface area (Å²) in [4.78, 5) is 11.8. The molecule has 0 heterocycles. The second kappa shape index (κ2) is 7.79. The van der Waals surface area contributed by atoms with Crippen molar-refractivity contribution < 1.29 is 14.3 Å². The number of carbonyl (C=O) groups is 1. The monoisotopic (exact) mass is 265 g/mol. The molecule has 2 N–H and O–H groups in total. The summed E-state index contributed by atoms with van der Waals surface area (Å²) in [5, 5.41) is 0. The van der Waals surface area contributed by atoms with Crippen LogP contribution in [-0.2, 0) is 9.53 Å². The normalized spacial score (nSPS) is 13.6. The third kappa shape index (κ3) is 4.91. The number of carbonyl (C=O) groups excluding carboxylic acids is 1. The van der Waals surface area contributed by atoms with Gasteiger partial charge in [-0.3, -0.25) is 4.79 Å². The molecule has 0 radical (unpaired) electrons. The van der Waals surface area contributed by atoms with Gasteiger partial charge in [0, 0.05) is 6.54 Å². The van der Waals surface area contributed by atoms with Gasteiger partial charge in [0.05, 0.1) is 18.6 Å². The van der Waals surface area contributed by atoms with Gasteiger partial charge in [-0.05, 0) is 38.8 Å². The summed E-state index contributed by atoms with van der Waals surface area (Å²) in [7, 11) is 0. The van der Waals surface area contributed by atoms with Crippen molar-refractivity contribution >= 4 is 5.97 Å². The lowest BCUT2D eigenvalue weighted by molar-refractivity contribution is -0.154. The van der Waals surface area contributed by atoms with Gasteiger partial charge in [0.15, 0.2) is 0 Å². The zero-order chi connectivity index (χ0) is 14.1. The first-order valence-corrected chi connectivity index (χ1v) is 6.67. The maximum Gasteiger partial charge on any atom is 0.313 e. The first-order chi connectivity index (χ1) is 9.12. The highest BCUT2D eigenvalue weighted by molar-refractivity contribution is 5.76. The number of nitrogens with two attached hydrogens (primary N) is 1. The standard InChI is InChI=1S/C15H23NO3/c1-3-18-14(17)15(2,12-16)10-7-11-19-13-8-5-4-6-9-13/h4-6,8-9H,3,7,10-12,16H2,1-2H3. The van der Waals surface area contributed by atoms with Gasteiger partial charge in [-0.15, -0.1) is 0 Å². The highest BCUT2D eigenvalue weighted by atomic mass is 16.5. The molecule has 4 heteroatoms. The summed E-state index contributed by atoms with van der Waals surface area (Å²) in [5.74, 6) is 0.616. The van der Waals surface area contributed by atoms with Crippen LogP contribution in [-0.4, -0.2) is 25.7 Å². The van der Waals surface area contributed by atoms with Crippen LogP contribution in [0, 0.1) is 5.41 Å². The molecule has 106 valence electrons. The number of benzene rings is 1. The minimum Gasteiger partial charge on any atom is -0.494 e. The van der Waals surface area contributed by atoms with Gasteiger partial charge in [-0.2, -0.15) is 0 Å². The van der Waals surface area contributed by atoms with Gasteiger partial charge in [0.1, 0.15) is 5.75 Å². The van der Waals surface area contributed by atoms with Gasteiger partial charge in [-0.25, -0.2) is 0 Å². The third-order valence-corrected chi connectivity index (χ3v) is 3.10. The molecule has 1 rings (SSSR count). The van der Waals surface area contributed by atoms with Crippen molar-refractivity contribution in [2.24, 2.45) is 11.1 Å². The molecule has 0 amide bonds. The van der Waals surface area contributed by atoms with Crippen molar-refractivity contribution in [3.8, 4) is 5.75 Å². The fraction of sp³-hybridized carbons (Fsp3) is 0.533. The fourth-order valence-corrected chi connectivity index (χ4v) is 1.76. The zero-order valence-corrected chi connectivity index (χ0v) is 11.7. The van der Waals surface area contributed by atoms with Crippen molar-refractivity contribution in [2.75, 3.05) is 19.8 Å². The Hall–Kier alpha value is -1.55. The SMILES string of the molecule is CCOC(=O)C(C)(CN)CCCOc1ccccc1. The molecule has 0 aliphatic rings. The topological polar surface area (TPSA) is 61.5 Å². The van der Waals surface area contributed by atoms with E-state index in [1.54, 1.807) is 6.92 Å². The van der Waals surface area contributed by atoms with Crippen molar-refractivity contribution in [3.05, 3.63) is 30.3 Å². The summed E-state index contributed by atoms with van der Waals surface area (Å²) in [6.45, 7) is 4.88. The summed E-state index contributed by atoms with van der Waals surface area (Å²) >= 11 is 0. The van der Waals surface area contributed by atoms with E-state index in [4.69, 9.17) is 15.2 Å². The van der Waals surface area contributed by atoms with E-state index in [-0.39, 0.29) is 12.5 Å². The zero-order valence-electron chi connectivity index (χ0n) is 11.7. The van der Waals surface area contributed by atoms with Crippen LogP contribution in [0.1, 0.15) is 26.7 Å². The second-order valence-electron chi connectivity index (χ2n) is 4.75. The van der Waals surface area contributed by atoms with Crippen LogP contribution in [0.25, 0.3) is 0 Å². The van der Waals surface area contributed by atoms with E-state index < -0.39 is 5.41 Å². The van der Waals surface area contributed by atoms with E-state index in [0.717, 1.165) is 12.2 Å². The molecule has 1 aromatic rings. The maximum atomic E-state index is 11.8. The Kier molecular flexibility index (Phi) is 6.36. The van der Waals surface area contributed by atoms with Crippen molar-refractivity contribution in [1.82, 2.24) is 0 Å². The molecule has 19 heavy (non-hydrogen) atoms. The number of esters is 1. The Morgan fingerprint density at radius 3 is 2.58 bits per heavy atom. The quantitative estimate of drug-likeness (QED) is 0.579. The van der Waals surface area contributed by atoms with E-state index in [0.29, 0.717) is 19.6 Å². The minimum absolute atomic E-state index is 0.225. The molecule has 0 aliphatic heterocycles. The van der Waals surface area contributed by atoms with E-state index in [2.05, 4.69) is 0 Å². The van der Waals surface area contributed by atoms with Crippen molar-refractivity contribution in [3.63, 3.8) is 0 Å². The predicted molar refractivity (Wildman–Crippen MR) is 75.0 cm³/mol. The summed E-state index contributed by atoms with van der Waals surface area (Å²) in [5.41, 5.74) is 5.07. The molecule has 0 saturated heterocycles. The van der Waals surface area contributed by atoms with Crippen molar-refractivity contribution in [1.29, 1.82) is 0 Å². The fourth-order valence-electron chi connectivity index (χ4n) is 1.76. The van der Waals surface area contributed by atoms with Gasteiger partial charge >= 0.3 is 5.97 Å². The highest BCUT2D eigenvalue weighted by Gasteiger charge is 2.32.